The average Bonchev–Trinajstić information content (AvgIpc) is 2.41. The van der Waals surface area contributed by atoms with Gasteiger partial charge in [0.05, 0.1) is 4.92 Å². The van der Waals surface area contributed by atoms with Crippen molar-refractivity contribution in [1.29, 1.82) is 0 Å². The maximum absolute atomic E-state index is 12.9. The summed E-state index contributed by atoms with van der Waals surface area (Å²) in [6, 6.07) is 11.0. The van der Waals surface area contributed by atoms with Crippen molar-refractivity contribution in [2.75, 3.05) is 11.9 Å². The average molecular weight is 339 g/mol. The fraction of sp³-hybridized carbons (Fsp3) is 0.143. The first-order chi connectivity index (χ1) is 9.58. The number of nitro benzene ring substituents is 1. The smallest absolute Gasteiger partial charge is 0.272 e. The van der Waals surface area contributed by atoms with Gasteiger partial charge in [-0.2, -0.15) is 0 Å². The molecule has 0 spiro atoms. The number of hydrogen-bond donors (Lipinski definition) is 1. The predicted octanol–water partition coefficient (Wildman–Crippen LogP) is 4.15. The summed E-state index contributed by atoms with van der Waals surface area (Å²) in [5.41, 5.74) is 1.54. The zero-order valence-electron chi connectivity index (χ0n) is 10.5. The van der Waals surface area contributed by atoms with Gasteiger partial charge in [0.25, 0.3) is 5.69 Å². The van der Waals surface area contributed by atoms with Gasteiger partial charge in [-0.1, -0.05) is 18.2 Å². The summed E-state index contributed by atoms with van der Waals surface area (Å²) in [5.74, 6) is -0.318. The third-order valence-corrected chi connectivity index (χ3v) is 3.49. The zero-order chi connectivity index (χ0) is 14.5. The highest BCUT2D eigenvalue weighted by molar-refractivity contribution is 9.10. The van der Waals surface area contributed by atoms with Crippen LogP contribution in [-0.2, 0) is 6.42 Å². The molecule has 0 fully saturated rings. The van der Waals surface area contributed by atoms with Crippen molar-refractivity contribution in [3.05, 3.63) is 68.4 Å². The normalized spacial score (nSPS) is 10.3. The summed E-state index contributed by atoms with van der Waals surface area (Å²) < 4.78 is 13.6. The molecule has 0 bridgehead atoms. The van der Waals surface area contributed by atoms with E-state index in [0.29, 0.717) is 23.0 Å². The molecule has 0 aliphatic rings. The van der Waals surface area contributed by atoms with Crippen molar-refractivity contribution in [2.45, 2.75) is 6.42 Å². The highest BCUT2D eigenvalue weighted by atomic mass is 79.9. The summed E-state index contributed by atoms with van der Waals surface area (Å²) in [4.78, 5) is 10.5. The Hall–Kier alpha value is -1.95. The van der Waals surface area contributed by atoms with E-state index in [1.165, 1.54) is 18.2 Å². The van der Waals surface area contributed by atoms with Gasteiger partial charge in [-0.25, -0.2) is 4.39 Å². The molecule has 0 saturated heterocycles. The van der Waals surface area contributed by atoms with Gasteiger partial charge >= 0.3 is 0 Å². The third-order valence-electron chi connectivity index (χ3n) is 2.83. The molecule has 2 rings (SSSR count). The van der Waals surface area contributed by atoms with Crippen LogP contribution >= 0.6 is 15.9 Å². The third kappa shape index (κ3) is 3.54. The van der Waals surface area contributed by atoms with Gasteiger partial charge in [0.1, 0.15) is 5.82 Å². The SMILES string of the molecule is O=[N+]([O-])c1ccccc1CCNc1ccc(F)cc1Br. The zero-order valence-corrected chi connectivity index (χ0v) is 12.1. The number of hydrogen-bond acceptors (Lipinski definition) is 3. The molecular weight excluding hydrogens is 327 g/mol. The summed E-state index contributed by atoms with van der Waals surface area (Å²) in [7, 11) is 0. The Morgan fingerprint density at radius 2 is 2.00 bits per heavy atom. The standard InChI is InChI=1S/C14H12BrFN2O2/c15-12-9-11(16)5-6-13(12)17-8-7-10-3-1-2-4-14(10)18(19)20/h1-6,9,17H,7-8H2. The van der Waals surface area contributed by atoms with Gasteiger partial charge in [-0.15, -0.1) is 0 Å². The number of nitrogens with one attached hydrogen (secondary N) is 1. The molecule has 6 heteroatoms. The van der Waals surface area contributed by atoms with E-state index in [2.05, 4.69) is 21.2 Å². The van der Waals surface area contributed by atoms with E-state index in [9.17, 15) is 14.5 Å². The maximum atomic E-state index is 12.9. The number of halogens is 2. The van der Waals surface area contributed by atoms with E-state index in [-0.39, 0.29) is 16.4 Å². The number of nitro groups is 1. The van der Waals surface area contributed by atoms with Gasteiger partial charge in [-0.05, 0) is 40.5 Å². The first-order valence-corrected chi connectivity index (χ1v) is 6.78. The van der Waals surface area contributed by atoms with Crippen LogP contribution in [0.25, 0.3) is 0 Å². The van der Waals surface area contributed by atoms with E-state index in [1.54, 1.807) is 24.3 Å². The van der Waals surface area contributed by atoms with Gasteiger partial charge in [0, 0.05) is 28.3 Å². The number of nitrogens with zero attached hydrogens (tertiary/aromatic N) is 1. The number of para-hydroxylation sites is 1. The lowest BCUT2D eigenvalue weighted by molar-refractivity contribution is -0.385. The monoisotopic (exact) mass is 338 g/mol. The van der Waals surface area contributed by atoms with Gasteiger partial charge in [0.2, 0.25) is 0 Å². The van der Waals surface area contributed by atoms with Gasteiger partial charge < -0.3 is 5.32 Å². The van der Waals surface area contributed by atoms with Crippen LogP contribution in [0.5, 0.6) is 0 Å². The van der Waals surface area contributed by atoms with Gasteiger partial charge in [0.15, 0.2) is 0 Å². The van der Waals surface area contributed by atoms with Crippen LogP contribution in [0, 0.1) is 15.9 Å². The molecule has 0 atom stereocenters. The fourth-order valence-electron chi connectivity index (χ4n) is 1.87. The molecule has 0 heterocycles. The molecule has 104 valence electrons. The second-order valence-corrected chi connectivity index (χ2v) is 5.04. The van der Waals surface area contributed by atoms with Crippen molar-refractivity contribution < 1.29 is 9.31 Å². The first kappa shape index (κ1) is 14.5. The second-order valence-electron chi connectivity index (χ2n) is 4.19. The van der Waals surface area contributed by atoms with Crippen LogP contribution in [-0.4, -0.2) is 11.5 Å². The first-order valence-electron chi connectivity index (χ1n) is 5.99. The Labute approximate surface area is 123 Å². The highest BCUT2D eigenvalue weighted by Crippen LogP contribution is 2.23. The molecule has 4 nitrogen and oxygen atoms in total. The molecule has 0 aliphatic heterocycles. The van der Waals surface area contributed by atoms with Crippen molar-refractivity contribution >= 4 is 27.3 Å². The van der Waals surface area contributed by atoms with E-state index >= 15 is 0 Å². The van der Waals surface area contributed by atoms with E-state index in [4.69, 9.17) is 0 Å². The number of anilines is 1. The van der Waals surface area contributed by atoms with Crippen LogP contribution in [0.3, 0.4) is 0 Å². The van der Waals surface area contributed by atoms with Crippen LogP contribution < -0.4 is 5.32 Å². The Balaban J connectivity index is 2.01. The minimum atomic E-state index is -0.386. The van der Waals surface area contributed by atoms with Crippen LogP contribution in [0.15, 0.2) is 46.9 Å². The van der Waals surface area contributed by atoms with Crippen molar-refractivity contribution in [3.63, 3.8) is 0 Å². The second kappa shape index (κ2) is 6.47. The van der Waals surface area contributed by atoms with Crippen LogP contribution in [0.1, 0.15) is 5.56 Å². The Bertz CT molecular complexity index is 634. The molecule has 0 unspecified atom stereocenters. The summed E-state index contributed by atoms with van der Waals surface area (Å²) in [6.07, 6.45) is 0.515. The minimum Gasteiger partial charge on any atom is -0.384 e. The topological polar surface area (TPSA) is 55.2 Å². The minimum absolute atomic E-state index is 0.118. The molecular formula is C14H12BrFN2O2. The van der Waals surface area contributed by atoms with E-state index in [1.807, 2.05) is 0 Å². The highest BCUT2D eigenvalue weighted by Gasteiger charge is 2.11. The predicted molar refractivity (Wildman–Crippen MR) is 79.4 cm³/mol. The van der Waals surface area contributed by atoms with Gasteiger partial charge in [-0.3, -0.25) is 10.1 Å². The van der Waals surface area contributed by atoms with Crippen LogP contribution in [0.2, 0.25) is 0 Å². The largest absolute Gasteiger partial charge is 0.384 e. The summed E-state index contributed by atoms with van der Waals surface area (Å²) in [6.45, 7) is 0.523. The molecule has 0 saturated carbocycles. The van der Waals surface area contributed by atoms with Crippen molar-refractivity contribution in [3.8, 4) is 0 Å². The molecule has 20 heavy (non-hydrogen) atoms. The van der Waals surface area contributed by atoms with Crippen LogP contribution in [0.4, 0.5) is 15.8 Å². The summed E-state index contributed by atoms with van der Waals surface area (Å²) >= 11 is 3.26. The lowest BCUT2D eigenvalue weighted by Crippen LogP contribution is -2.07. The van der Waals surface area contributed by atoms with Crippen molar-refractivity contribution in [1.82, 2.24) is 0 Å². The number of benzene rings is 2. The van der Waals surface area contributed by atoms with Crippen molar-refractivity contribution in [2.24, 2.45) is 0 Å². The molecule has 1 N–H and O–H groups in total. The molecule has 2 aromatic rings. The lowest BCUT2D eigenvalue weighted by atomic mass is 10.1. The Morgan fingerprint density at radius 3 is 2.70 bits per heavy atom. The molecule has 2 aromatic carbocycles. The van der Waals surface area contributed by atoms with E-state index in [0.717, 1.165) is 5.69 Å². The summed E-state index contributed by atoms with van der Waals surface area (Å²) in [5, 5.41) is 14.0. The Kier molecular flexibility index (Phi) is 4.68. The maximum Gasteiger partial charge on any atom is 0.272 e. The molecule has 0 aliphatic carbocycles. The molecule has 0 amide bonds. The quantitative estimate of drug-likeness (QED) is 0.658. The lowest BCUT2D eigenvalue weighted by Gasteiger charge is -2.08. The molecule has 0 aromatic heterocycles. The van der Waals surface area contributed by atoms with E-state index < -0.39 is 0 Å². The number of rotatable bonds is 5. The molecule has 0 radical (unpaired) electrons. The fourth-order valence-corrected chi connectivity index (χ4v) is 2.36. The Morgan fingerprint density at radius 1 is 1.25 bits per heavy atom.